The Kier molecular flexibility index (Phi) is 35.3. The molecule has 2 atom stereocenters. The third-order valence-corrected chi connectivity index (χ3v) is 3.79. The molecule has 9 nitrogen and oxygen atoms in total. The van der Waals surface area contributed by atoms with Gasteiger partial charge >= 0.3 is 17.9 Å². The summed E-state index contributed by atoms with van der Waals surface area (Å²) in [6.07, 6.45) is 5.50. The summed E-state index contributed by atoms with van der Waals surface area (Å²) in [7, 11) is 0. The zero-order valence-corrected chi connectivity index (χ0v) is 23.1. The van der Waals surface area contributed by atoms with E-state index in [-0.39, 0.29) is 37.4 Å². The topological polar surface area (TPSA) is 156 Å². The minimum Gasteiger partial charge on any atom is -0.481 e. The zero-order valence-electron chi connectivity index (χ0n) is 19.8. The molecule has 204 valence electrons. The first-order chi connectivity index (χ1) is 14.9. The SMILES string of the molecule is Br.C.C=CCCO.C=CCCOCC[C@H](CC(=O)OC(C)(C)C)C(=O)O.N[C@@H](CCBr)C(=O)O. The van der Waals surface area contributed by atoms with E-state index < -0.39 is 35.5 Å². The highest BCUT2D eigenvalue weighted by molar-refractivity contribution is 9.09. The van der Waals surface area contributed by atoms with Gasteiger partial charge in [-0.3, -0.25) is 14.4 Å². The number of halogens is 2. The van der Waals surface area contributed by atoms with Crippen molar-refractivity contribution in [1.29, 1.82) is 0 Å². The number of carbonyl (C=O) groups is 3. The number of ether oxygens (including phenoxy) is 2. The molecule has 5 N–H and O–H groups in total. The smallest absolute Gasteiger partial charge is 0.320 e. The van der Waals surface area contributed by atoms with E-state index in [1.54, 1.807) is 32.9 Å². The Hall–Kier alpha value is -1.27. The summed E-state index contributed by atoms with van der Waals surface area (Å²) in [5, 5.41) is 25.8. The number of rotatable bonds is 14. The van der Waals surface area contributed by atoms with Gasteiger partial charge in [-0.2, -0.15) is 0 Å². The molecule has 34 heavy (non-hydrogen) atoms. The van der Waals surface area contributed by atoms with Crippen LogP contribution < -0.4 is 5.73 Å². The molecule has 0 aromatic carbocycles. The Morgan fingerprint density at radius 2 is 1.56 bits per heavy atom. The number of esters is 1. The number of aliphatic carboxylic acids is 2. The molecule has 0 aliphatic carbocycles. The molecule has 0 unspecified atom stereocenters. The molecule has 0 aromatic heterocycles. The largest absolute Gasteiger partial charge is 0.481 e. The van der Waals surface area contributed by atoms with Crippen molar-refractivity contribution < 1.29 is 39.2 Å². The zero-order chi connectivity index (χ0) is 25.6. The monoisotopic (exact) mass is 621 g/mol. The van der Waals surface area contributed by atoms with Gasteiger partial charge in [0.25, 0.3) is 0 Å². The van der Waals surface area contributed by atoms with E-state index in [4.69, 9.17) is 30.5 Å². The van der Waals surface area contributed by atoms with Crippen molar-refractivity contribution in [3.8, 4) is 0 Å². The predicted octanol–water partition coefficient (Wildman–Crippen LogP) is 4.35. The summed E-state index contributed by atoms with van der Waals surface area (Å²) in [5.41, 5.74) is 4.50. The highest BCUT2D eigenvalue weighted by Crippen LogP contribution is 2.15. The first-order valence-corrected chi connectivity index (χ1v) is 11.4. The number of carboxylic acid groups (broad SMARTS) is 2. The van der Waals surface area contributed by atoms with Crippen LogP contribution in [0.25, 0.3) is 0 Å². The van der Waals surface area contributed by atoms with E-state index in [2.05, 4.69) is 29.1 Å². The minimum absolute atomic E-state index is 0. The van der Waals surface area contributed by atoms with Crippen molar-refractivity contribution in [2.24, 2.45) is 11.7 Å². The lowest BCUT2D eigenvalue weighted by Crippen LogP contribution is -2.30. The molecule has 0 spiro atoms. The van der Waals surface area contributed by atoms with Crippen molar-refractivity contribution in [2.45, 2.75) is 71.9 Å². The van der Waals surface area contributed by atoms with Crippen LogP contribution in [0, 0.1) is 5.92 Å². The highest BCUT2D eigenvalue weighted by Gasteiger charge is 2.24. The van der Waals surface area contributed by atoms with Crippen LogP contribution in [0.3, 0.4) is 0 Å². The fraction of sp³-hybridized carbons (Fsp3) is 0.696. The average Bonchev–Trinajstić information content (AvgIpc) is 2.67. The number of alkyl halides is 1. The van der Waals surface area contributed by atoms with Crippen molar-refractivity contribution in [1.82, 2.24) is 0 Å². The highest BCUT2D eigenvalue weighted by atomic mass is 79.9. The first kappa shape index (κ1) is 42.9. The molecule has 0 fully saturated rings. The van der Waals surface area contributed by atoms with Gasteiger partial charge in [0, 0.05) is 25.2 Å². The van der Waals surface area contributed by atoms with E-state index in [0.717, 1.165) is 6.42 Å². The van der Waals surface area contributed by atoms with Crippen molar-refractivity contribution >= 4 is 50.8 Å². The van der Waals surface area contributed by atoms with Crippen molar-refractivity contribution in [3.63, 3.8) is 0 Å². The van der Waals surface area contributed by atoms with Crippen molar-refractivity contribution in [3.05, 3.63) is 25.3 Å². The summed E-state index contributed by atoms with van der Waals surface area (Å²) < 4.78 is 10.4. The Balaban J connectivity index is -0.000000155. The Bertz CT molecular complexity index is 540. The summed E-state index contributed by atoms with van der Waals surface area (Å²) >= 11 is 3.07. The van der Waals surface area contributed by atoms with E-state index in [1.807, 2.05) is 0 Å². The lowest BCUT2D eigenvalue weighted by atomic mass is 10.0. The lowest BCUT2D eigenvalue weighted by molar-refractivity contribution is -0.160. The normalized spacial score (nSPS) is 11.4. The van der Waals surface area contributed by atoms with Crippen molar-refractivity contribution in [2.75, 3.05) is 25.2 Å². The van der Waals surface area contributed by atoms with Crippen LogP contribution in [0.1, 0.15) is 60.3 Å². The summed E-state index contributed by atoms with van der Waals surface area (Å²) in [6, 6.07) is -0.714. The molecule has 11 heteroatoms. The Morgan fingerprint density at radius 3 is 1.85 bits per heavy atom. The number of carbonyl (C=O) groups excluding carboxylic acids is 1. The molecular formula is C23H45Br2NO8. The standard InChI is InChI=1S/C14H24O5.C4H8BrNO2.C4H8O.CH4.BrH/c1-5-6-8-18-9-7-11(13(16)17)10-12(15)19-14(2,3)4;5-2-1-3(6)4(7)8;1-2-3-4-5;;/h5,11H,1,6-10H2,2-4H3,(H,16,17);3H,1-2,6H2,(H,7,8);2,5H,1,3-4H2;1H4;1H/t11-;3-;;;/m10.../s1. The first-order valence-electron chi connectivity index (χ1n) is 10.3. The molecule has 0 aliphatic heterocycles. The maximum absolute atomic E-state index is 11.6. The fourth-order valence-electron chi connectivity index (χ4n) is 1.72. The molecular weight excluding hydrogens is 578 g/mol. The lowest BCUT2D eigenvalue weighted by Gasteiger charge is -2.21. The van der Waals surface area contributed by atoms with Crippen LogP contribution in [-0.2, 0) is 23.9 Å². The van der Waals surface area contributed by atoms with Crippen LogP contribution in [0.5, 0.6) is 0 Å². The van der Waals surface area contributed by atoms with E-state index in [1.165, 1.54) is 0 Å². The minimum atomic E-state index is -1.00. The predicted molar refractivity (Wildman–Crippen MR) is 145 cm³/mol. The Morgan fingerprint density at radius 1 is 1.03 bits per heavy atom. The van der Waals surface area contributed by atoms with Gasteiger partial charge in [-0.1, -0.05) is 35.5 Å². The molecule has 0 aliphatic rings. The van der Waals surface area contributed by atoms with E-state index in [9.17, 15) is 14.4 Å². The molecule has 0 saturated carbocycles. The molecule has 0 aromatic rings. The number of carboxylic acids is 2. The van der Waals surface area contributed by atoms with E-state index in [0.29, 0.717) is 37.8 Å². The van der Waals surface area contributed by atoms with E-state index >= 15 is 0 Å². The Labute approximate surface area is 223 Å². The molecule has 0 radical (unpaired) electrons. The van der Waals surface area contributed by atoms with Crippen LogP contribution in [0.2, 0.25) is 0 Å². The van der Waals surface area contributed by atoms with Crippen LogP contribution in [-0.4, -0.2) is 70.0 Å². The molecule has 0 bridgehead atoms. The molecule has 0 amide bonds. The van der Waals surface area contributed by atoms with Gasteiger partial charge in [0.15, 0.2) is 0 Å². The van der Waals surface area contributed by atoms with Gasteiger partial charge in [0.05, 0.1) is 12.3 Å². The average molecular weight is 623 g/mol. The van der Waals surface area contributed by atoms with Gasteiger partial charge in [0.2, 0.25) is 0 Å². The maximum atomic E-state index is 11.6. The molecule has 0 saturated heterocycles. The van der Waals surface area contributed by atoms with Gasteiger partial charge in [-0.25, -0.2) is 0 Å². The summed E-state index contributed by atoms with van der Waals surface area (Å²) in [6.45, 7) is 13.3. The number of hydrogen-bond donors (Lipinski definition) is 4. The number of nitrogens with two attached hydrogens (primary N) is 1. The van der Waals surface area contributed by atoms with Gasteiger partial charge in [-0.05, 0) is 46.5 Å². The van der Waals surface area contributed by atoms with Gasteiger partial charge in [0.1, 0.15) is 11.6 Å². The fourth-order valence-corrected chi connectivity index (χ4v) is 2.22. The second kappa shape index (κ2) is 28.0. The third kappa shape index (κ3) is 35.3. The number of aliphatic hydroxyl groups is 1. The third-order valence-electron chi connectivity index (χ3n) is 3.33. The van der Waals surface area contributed by atoms with Gasteiger partial charge in [-0.15, -0.1) is 30.1 Å². The quantitative estimate of drug-likeness (QED) is 0.0956. The summed E-state index contributed by atoms with van der Waals surface area (Å²) in [5.74, 6) is -3.20. The van der Waals surface area contributed by atoms with Gasteiger partial charge < -0.3 is 30.5 Å². The molecule has 0 heterocycles. The number of aliphatic hydroxyl groups excluding tert-OH is 1. The van der Waals surface area contributed by atoms with Crippen LogP contribution in [0.15, 0.2) is 25.3 Å². The van der Waals surface area contributed by atoms with Crippen LogP contribution >= 0.6 is 32.9 Å². The van der Waals surface area contributed by atoms with Crippen LogP contribution in [0.4, 0.5) is 0 Å². The number of hydrogen-bond acceptors (Lipinski definition) is 7. The maximum Gasteiger partial charge on any atom is 0.320 e. The second-order valence-electron chi connectivity index (χ2n) is 7.53. The second-order valence-corrected chi connectivity index (χ2v) is 8.32. The summed E-state index contributed by atoms with van der Waals surface area (Å²) in [4.78, 5) is 32.6. The molecule has 0 rings (SSSR count).